The van der Waals surface area contributed by atoms with E-state index >= 15 is 0 Å². The van der Waals surface area contributed by atoms with Crippen molar-refractivity contribution in [3.8, 4) is 22.8 Å². The number of aromatic nitrogens is 2. The van der Waals surface area contributed by atoms with Crippen LogP contribution in [0.15, 0.2) is 54.6 Å². The van der Waals surface area contributed by atoms with Crippen molar-refractivity contribution in [2.24, 2.45) is 0 Å². The maximum absolute atomic E-state index is 10.5. The van der Waals surface area contributed by atoms with Crippen LogP contribution in [0.25, 0.3) is 16.9 Å². The van der Waals surface area contributed by atoms with Gasteiger partial charge in [-0.2, -0.15) is 0 Å². The number of rotatable bonds is 2. The summed E-state index contributed by atoms with van der Waals surface area (Å²) in [6.45, 7) is 8.34. The van der Waals surface area contributed by atoms with Gasteiger partial charge in [-0.15, -0.1) is 5.10 Å². The Balaban J connectivity index is 2.31. The van der Waals surface area contributed by atoms with Gasteiger partial charge in [0, 0.05) is 11.1 Å². The molecule has 0 fully saturated rings. The summed E-state index contributed by atoms with van der Waals surface area (Å²) in [4.78, 5) is 0. The van der Waals surface area contributed by atoms with Gasteiger partial charge in [0.15, 0.2) is 0 Å². The van der Waals surface area contributed by atoms with Crippen molar-refractivity contribution >= 4 is 0 Å². The lowest BCUT2D eigenvalue weighted by Gasteiger charge is -2.20. The lowest BCUT2D eigenvalue weighted by atomic mass is 9.85. The van der Waals surface area contributed by atoms with E-state index in [0.717, 1.165) is 22.5 Å². The van der Waals surface area contributed by atoms with E-state index < -0.39 is 0 Å². The standard InChI is InChI=1S/C20H22N2O/c1-14-10-12-16(13-11-14)22-18(15-8-6-5-7-9-15)17(19(23)21-22)20(2,3)4/h5-13H,1-4H3,(H,21,23). The monoisotopic (exact) mass is 306 g/mol. The number of aryl methyl sites for hydroxylation is 1. The van der Waals surface area contributed by atoms with Crippen molar-refractivity contribution in [1.29, 1.82) is 0 Å². The van der Waals surface area contributed by atoms with Crippen molar-refractivity contribution in [3.05, 3.63) is 65.7 Å². The fraction of sp³-hybridized carbons (Fsp3) is 0.250. The number of nitrogens with zero attached hydrogens (tertiary/aromatic N) is 2. The summed E-state index contributed by atoms with van der Waals surface area (Å²) in [5.74, 6) is 0.0944. The summed E-state index contributed by atoms with van der Waals surface area (Å²) in [5, 5.41) is 14.9. The third-order valence-electron chi connectivity index (χ3n) is 3.94. The summed E-state index contributed by atoms with van der Waals surface area (Å²) in [6.07, 6.45) is 0. The molecule has 0 amide bonds. The molecule has 3 rings (SSSR count). The van der Waals surface area contributed by atoms with Crippen molar-refractivity contribution in [3.63, 3.8) is 0 Å². The highest BCUT2D eigenvalue weighted by molar-refractivity contribution is 5.69. The second-order valence-corrected chi connectivity index (χ2v) is 6.91. The third kappa shape index (κ3) is 2.87. The predicted octanol–water partition coefficient (Wildman–Crippen LogP) is 4.85. The third-order valence-corrected chi connectivity index (χ3v) is 3.94. The van der Waals surface area contributed by atoms with Gasteiger partial charge in [0.05, 0.1) is 11.4 Å². The molecule has 0 radical (unpaired) electrons. The Morgan fingerprint density at radius 2 is 1.52 bits per heavy atom. The van der Waals surface area contributed by atoms with E-state index in [-0.39, 0.29) is 11.3 Å². The molecule has 23 heavy (non-hydrogen) atoms. The molecule has 0 aliphatic rings. The fourth-order valence-corrected chi connectivity index (χ4v) is 2.83. The van der Waals surface area contributed by atoms with Gasteiger partial charge in [-0.1, -0.05) is 68.8 Å². The van der Waals surface area contributed by atoms with Gasteiger partial charge in [0.1, 0.15) is 0 Å². The molecular formula is C20H22N2O. The number of hydrogen-bond acceptors (Lipinski definition) is 2. The van der Waals surface area contributed by atoms with Gasteiger partial charge in [-0.05, 0) is 24.5 Å². The molecule has 118 valence electrons. The minimum atomic E-state index is -0.210. The van der Waals surface area contributed by atoms with Crippen molar-refractivity contribution in [2.75, 3.05) is 0 Å². The Bertz CT molecular complexity index is 809. The Morgan fingerprint density at radius 1 is 0.913 bits per heavy atom. The quantitative estimate of drug-likeness (QED) is 0.735. The second kappa shape index (κ2) is 5.58. The van der Waals surface area contributed by atoms with Gasteiger partial charge in [0.25, 0.3) is 0 Å². The first-order valence-electron chi connectivity index (χ1n) is 7.83. The molecule has 0 saturated carbocycles. The summed E-state index contributed by atoms with van der Waals surface area (Å²) >= 11 is 0. The van der Waals surface area contributed by atoms with E-state index in [2.05, 4.69) is 57.1 Å². The zero-order valence-corrected chi connectivity index (χ0v) is 14.0. The van der Waals surface area contributed by atoms with E-state index in [4.69, 9.17) is 0 Å². The van der Waals surface area contributed by atoms with Crippen molar-refractivity contribution < 1.29 is 5.11 Å². The average Bonchev–Trinajstić information content (AvgIpc) is 2.86. The van der Waals surface area contributed by atoms with Crippen LogP contribution in [0.4, 0.5) is 0 Å². The number of aromatic hydroxyl groups is 1. The van der Waals surface area contributed by atoms with Gasteiger partial charge in [-0.3, -0.25) is 0 Å². The summed E-state index contributed by atoms with van der Waals surface area (Å²) < 4.78 is 1.84. The summed E-state index contributed by atoms with van der Waals surface area (Å²) in [5.41, 5.74) is 4.79. The summed E-state index contributed by atoms with van der Waals surface area (Å²) in [7, 11) is 0. The van der Waals surface area contributed by atoms with E-state index in [9.17, 15) is 5.11 Å². The van der Waals surface area contributed by atoms with E-state index in [1.807, 2.05) is 35.0 Å². The molecule has 3 nitrogen and oxygen atoms in total. The fourth-order valence-electron chi connectivity index (χ4n) is 2.83. The first-order valence-corrected chi connectivity index (χ1v) is 7.83. The van der Waals surface area contributed by atoms with Crippen LogP contribution >= 0.6 is 0 Å². The van der Waals surface area contributed by atoms with E-state index in [0.29, 0.717) is 0 Å². The van der Waals surface area contributed by atoms with Crippen LogP contribution in [0.2, 0.25) is 0 Å². The predicted molar refractivity (Wildman–Crippen MR) is 94.1 cm³/mol. The lowest BCUT2D eigenvalue weighted by Crippen LogP contribution is -2.12. The Kier molecular flexibility index (Phi) is 3.72. The Labute approximate surface area is 137 Å². The molecule has 0 aliphatic carbocycles. The number of benzene rings is 2. The molecule has 1 heterocycles. The van der Waals surface area contributed by atoms with Crippen LogP contribution < -0.4 is 0 Å². The highest BCUT2D eigenvalue weighted by atomic mass is 16.3. The van der Waals surface area contributed by atoms with Crippen LogP contribution in [-0.4, -0.2) is 14.9 Å². The van der Waals surface area contributed by atoms with E-state index in [1.54, 1.807) is 0 Å². The van der Waals surface area contributed by atoms with Crippen LogP contribution in [0.3, 0.4) is 0 Å². The SMILES string of the molecule is Cc1ccc(-n2nc(O)c(C(C)(C)C)c2-c2ccccc2)cc1. The Hall–Kier alpha value is -2.55. The minimum Gasteiger partial charge on any atom is -0.492 e. The van der Waals surface area contributed by atoms with Crippen LogP contribution in [0.1, 0.15) is 31.9 Å². The molecule has 0 atom stereocenters. The highest BCUT2D eigenvalue weighted by Gasteiger charge is 2.29. The molecule has 0 aliphatic heterocycles. The van der Waals surface area contributed by atoms with Crippen LogP contribution in [0.5, 0.6) is 5.88 Å². The highest BCUT2D eigenvalue weighted by Crippen LogP contribution is 2.40. The minimum absolute atomic E-state index is 0.0944. The van der Waals surface area contributed by atoms with E-state index in [1.165, 1.54) is 5.56 Å². The van der Waals surface area contributed by atoms with Gasteiger partial charge in [0.2, 0.25) is 5.88 Å². The lowest BCUT2D eigenvalue weighted by molar-refractivity contribution is 0.427. The average molecular weight is 306 g/mol. The van der Waals surface area contributed by atoms with Crippen LogP contribution in [0, 0.1) is 6.92 Å². The van der Waals surface area contributed by atoms with Gasteiger partial charge >= 0.3 is 0 Å². The second-order valence-electron chi connectivity index (χ2n) is 6.91. The molecule has 0 bridgehead atoms. The molecule has 0 unspecified atom stereocenters. The smallest absolute Gasteiger partial charge is 0.235 e. The number of hydrogen-bond donors (Lipinski definition) is 1. The molecule has 3 aromatic rings. The van der Waals surface area contributed by atoms with Crippen molar-refractivity contribution in [1.82, 2.24) is 9.78 Å². The molecule has 2 aromatic carbocycles. The molecule has 1 N–H and O–H groups in total. The maximum Gasteiger partial charge on any atom is 0.235 e. The molecule has 3 heteroatoms. The maximum atomic E-state index is 10.5. The normalized spacial score (nSPS) is 11.7. The first kappa shape index (κ1) is 15.3. The zero-order chi connectivity index (χ0) is 16.6. The van der Waals surface area contributed by atoms with Crippen molar-refractivity contribution in [2.45, 2.75) is 33.1 Å². The zero-order valence-electron chi connectivity index (χ0n) is 14.0. The van der Waals surface area contributed by atoms with Gasteiger partial charge < -0.3 is 5.11 Å². The summed E-state index contributed by atoms with van der Waals surface area (Å²) in [6, 6.07) is 18.3. The topological polar surface area (TPSA) is 38.0 Å². The molecule has 0 spiro atoms. The molecule has 0 saturated heterocycles. The largest absolute Gasteiger partial charge is 0.492 e. The van der Waals surface area contributed by atoms with Crippen LogP contribution in [-0.2, 0) is 5.41 Å². The molecular weight excluding hydrogens is 284 g/mol. The molecule has 1 aromatic heterocycles. The first-order chi connectivity index (χ1) is 10.9. The Morgan fingerprint density at radius 3 is 2.09 bits per heavy atom. The van der Waals surface area contributed by atoms with Gasteiger partial charge in [-0.25, -0.2) is 4.68 Å².